The third-order valence-electron chi connectivity index (χ3n) is 5.07. The minimum Gasteiger partial charge on any atom is -0.497 e. The number of likely N-dealkylation sites (N-methyl/N-ethyl adjacent to an activating group) is 1. The fourth-order valence-electron chi connectivity index (χ4n) is 3.07. The average molecular weight is 485 g/mol. The number of rotatable bonds is 12. The van der Waals surface area contributed by atoms with Crippen LogP contribution in [0.25, 0.3) is 0 Å². The zero-order valence-electron chi connectivity index (χ0n) is 20.0. The summed E-state index contributed by atoms with van der Waals surface area (Å²) in [5.74, 6) is 0.606. The van der Waals surface area contributed by atoms with Crippen molar-refractivity contribution in [3.63, 3.8) is 0 Å². The van der Waals surface area contributed by atoms with Crippen molar-refractivity contribution in [1.29, 1.82) is 0 Å². The number of carbonyl (C=O) groups excluding carboxylic acids is 2. The number of halogens is 1. The van der Waals surface area contributed by atoms with Crippen LogP contribution in [-0.2, 0) is 16.1 Å². The Labute approximate surface area is 203 Å². The van der Waals surface area contributed by atoms with E-state index in [1.54, 1.807) is 62.5 Å². The lowest BCUT2D eigenvalue weighted by Crippen LogP contribution is -2.33. The highest BCUT2D eigenvalue weighted by Gasteiger charge is 2.12. The molecule has 1 aromatic heterocycles. The molecule has 2 aromatic carbocycles. The molecule has 10 heteroatoms. The zero-order chi connectivity index (χ0) is 25.2. The number of anilines is 1. The van der Waals surface area contributed by atoms with Gasteiger partial charge in [0.25, 0.3) is 0 Å². The molecule has 0 unspecified atom stereocenters. The molecule has 186 valence electrons. The smallest absolute Gasteiger partial charge is 0.244 e. The molecule has 0 fully saturated rings. The van der Waals surface area contributed by atoms with Gasteiger partial charge in [0.15, 0.2) is 11.6 Å². The Kier molecular flexibility index (Phi) is 9.05. The highest BCUT2D eigenvalue weighted by Crippen LogP contribution is 2.18. The van der Waals surface area contributed by atoms with Crippen molar-refractivity contribution in [2.24, 2.45) is 0 Å². The molecule has 9 nitrogen and oxygen atoms in total. The van der Waals surface area contributed by atoms with Crippen LogP contribution in [0.4, 0.5) is 10.1 Å². The Morgan fingerprint density at radius 2 is 1.83 bits per heavy atom. The summed E-state index contributed by atoms with van der Waals surface area (Å²) in [6, 6.07) is 11.8. The summed E-state index contributed by atoms with van der Waals surface area (Å²) in [6.45, 7) is 2.57. The molecule has 1 N–H and O–H groups in total. The molecule has 2 amide bonds. The normalized spacial score (nSPS) is 10.5. The second-order valence-corrected chi connectivity index (χ2v) is 7.85. The first-order valence-corrected chi connectivity index (χ1v) is 11.1. The fourth-order valence-corrected chi connectivity index (χ4v) is 3.07. The van der Waals surface area contributed by atoms with Gasteiger partial charge in [-0.05, 0) is 48.9 Å². The third-order valence-corrected chi connectivity index (χ3v) is 5.07. The van der Waals surface area contributed by atoms with Crippen LogP contribution in [0.15, 0.2) is 54.9 Å². The summed E-state index contributed by atoms with van der Waals surface area (Å²) in [5.41, 5.74) is 1.24. The van der Waals surface area contributed by atoms with E-state index in [1.165, 1.54) is 23.0 Å². The molecule has 0 saturated heterocycles. The zero-order valence-corrected chi connectivity index (χ0v) is 20.0. The van der Waals surface area contributed by atoms with E-state index in [-0.39, 0.29) is 37.1 Å². The van der Waals surface area contributed by atoms with Crippen LogP contribution >= 0.6 is 0 Å². The van der Waals surface area contributed by atoms with Gasteiger partial charge in [-0.25, -0.2) is 4.39 Å². The van der Waals surface area contributed by atoms with Gasteiger partial charge in [-0.3, -0.25) is 14.3 Å². The second kappa shape index (κ2) is 12.4. The van der Waals surface area contributed by atoms with Gasteiger partial charge in [0.05, 0.1) is 38.6 Å². The largest absolute Gasteiger partial charge is 0.497 e. The van der Waals surface area contributed by atoms with Gasteiger partial charge in [0.2, 0.25) is 11.8 Å². The number of aryl methyl sites for hydroxylation is 1. The number of hydrogen-bond donors (Lipinski definition) is 1. The number of amides is 2. The first-order chi connectivity index (χ1) is 16.8. The van der Waals surface area contributed by atoms with Gasteiger partial charge in [-0.15, -0.1) is 0 Å². The number of nitrogens with one attached hydrogen (secondary N) is 1. The van der Waals surface area contributed by atoms with Gasteiger partial charge in [-0.2, -0.15) is 5.10 Å². The Morgan fingerprint density at radius 1 is 1.09 bits per heavy atom. The van der Waals surface area contributed by atoms with Crippen LogP contribution in [0, 0.1) is 12.7 Å². The Bertz CT molecular complexity index is 1130. The van der Waals surface area contributed by atoms with Crippen molar-refractivity contribution in [1.82, 2.24) is 14.7 Å². The van der Waals surface area contributed by atoms with Crippen LogP contribution in [-0.4, -0.2) is 60.4 Å². The number of benzene rings is 2. The van der Waals surface area contributed by atoms with Crippen LogP contribution in [0.3, 0.4) is 0 Å². The Balaban J connectivity index is 1.37. The lowest BCUT2D eigenvalue weighted by molar-refractivity contribution is -0.131. The molecular formula is C25H29FN4O5. The highest BCUT2D eigenvalue weighted by molar-refractivity contribution is 5.90. The summed E-state index contributed by atoms with van der Waals surface area (Å²) >= 11 is 0. The predicted molar refractivity (Wildman–Crippen MR) is 128 cm³/mol. The monoisotopic (exact) mass is 484 g/mol. The van der Waals surface area contributed by atoms with Crippen molar-refractivity contribution in [2.45, 2.75) is 19.9 Å². The lowest BCUT2D eigenvalue weighted by Gasteiger charge is -2.17. The molecule has 0 aliphatic rings. The van der Waals surface area contributed by atoms with Gasteiger partial charge in [0.1, 0.15) is 24.7 Å². The van der Waals surface area contributed by atoms with Crippen LogP contribution in [0.2, 0.25) is 0 Å². The van der Waals surface area contributed by atoms with Crippen molar-refractivity contribution >= 4 is 17.5 Å². The summed E-state index contributed by atoms with van der Waals surface area (Å²) in [5, 5.41) is 6.80. The first kappa shape index (κ1) is 25.5. The minimum absolute atomic E-state index is 0.0186. The van der Waals surface area contributed by atoms with Crippen LogP contribution in [0.5, 0.6) is 17.2 Å². The predicted octanol–water partition coefficient (Wildman–Crippen LogP) is 3.28. The molecule has 0 bridgehead atoms. The van der Waals surface area contributed by atoms with Crippen molar-refractivity contribution < 1.29 is 28.2 Å². The number of nitrogens with zero attached hydrogens (tertiary/aromatic N) is 3. The van der Waals surface area contributed by atoms with E-state index in [9.17, 15) is 14.0 Å². The van der Waals surface area contributed by atoms with Crippen molar-refractivity contribution in [2.75, 3.05) is 39.2 Å². The SMILES string of the molecule is COc1ccc(OCCN(C)C(=O)Cn2cc(NC(=O)CCOc3ccc(C)cc3F)cn2)cc1. The molecule has 35 heavy (non-hydrogen) atoms. The molecule has 0 spiro atoms. The quantitative estimate of drug-likeness (QED) is 0.424. The maximum Gasteiger partial charge on any atom is 0.244 e. The molecule has 0 aliphatic carbocycles. The van der Waals surface area contributed by atoms with E-state index >= 15 is 0 Å². The average Bonchev–Trinajstić information content (AvgIpc) is 3.27. The number of hydrogen-bond acceptors (Lipinski definition) is 6. The van der Waals surface area contributed by atoms with Crippen molar-refractivity contribution in [3.8, 4) is 17.2 Å². The van der Waals surface area contributed by atoms with Gasteiger partial charge in [0, 0.05) is 13.2 Å². The first-order valence-electron chi connectivity index (χ1n) is 11.1. The summed E-state index contributed by atoms with van der Waals surface area (Å²) in [6.07, 6.45) is 3.06. The Hall–Kier alpha value is -4.08. The molecule has 0 radical (unpaired) electrons. The maximum atomic E-state index is 13.8. The number of methoxy groups -OCH3 is 1. The number of carbonyl (C=O) groups is 2. The van der Waals surface area contributed by atoms with E-state index in [2.05, 4.69) is 10.4 Å². The molecule has 0 saturated carbocycles. The van der Waals surface area contributed by atoms with E-state index in [1.807, 2.05) is 0 Å². The van der Waals surface area contributed by atoms with Gasteiger partial charge in [-0.1, -0.05) is 6.07 Å². The number of aromatic nitrogens is 2. The molecule has 3 rings (SSSR count). The van der Waals surface area contributed by atoms with Gasteiger partial charge >= 0.3 is 0 Å². The molecule has 0 aliphatic heterocycles. The lowest BCUT2D eigenvalue weighted by atomic mass is 10.2. The molecule has 0 atom stereocenters. The maximum absolute atomic E-state index is 13.8. The molecule has 1 heterocycles. The van der Waals surface area contributed by atoms with E-state index in [0.717, 1.165) is 11.3 Å². The molecular weight excluding hydrogens is 455 g/mol. The summed E-state index contributed by atoms with van der Waals surface area (Å²) in [4.78, 5) is 26.1. The van der Waals surface area contributed by atoms with E-state index in [4.69, 9.17) is 14.2 Å². The van der Waals surface area contributed by atoms with E-state index < -0.39 is 5.82 Å². The third kappa shape index (κ3) is 8.02. The summed E-state index contributed by atoms with van der Waals surface area (Å²) < 4.78 is 31.3. The van der Waals surface area contributed by atoms with E-state index in [0.29, 0.717) is 24.6 Å². The van der Waals surface area contributed by atoms with Crippen LogP contribution < -0.4 is 19.5 Å². The standard InChI is InChI=1S/C25H29FN4O5/c1-18-4-9-23(22(26)14-18)35-12-10-24(31)28-19-15-27-30(16-19)17-25(32)29(2)11-13-34-21-7-5-20(33-3)6-8-21/h4-9,14-16H,10-13,17H2,1-3H3,(H,28,31). The highest BCUT2D eigenvalue weighted by atomic mass is 19.1. The van der Waals surface area contributed by atoms with Crippen molar-refractivity contribution in [3.05, 3.63) is 66.2 Å². The molecule has 3 aromatic rings. The number of ether oxygens (including phenoxy) is 3. The topological polar surface area (TPSA) is 94.9 Å². The second-order valence-electron chi connectivity index (χ2n) is 7.85. The van der Waals surface area contributed by atoms with Gasteiger partial charge < -0.3 is 24.4 Å². The Morgan fingerprint density at radius 3 is 2.54 bits per heavy atom. The fraction of sp³-hybridized carbons (Fsp3) is 0.320. The minimum atomic E-state index is -0.464. The van der Waals surface area contributed by atoms with Crippen LogP contribution in [0.1, 0.15) is 12.0 Å². The summed E-state index contributed by atoms with van der Waals surface area (Å²) in [7, 11) is 3.28.